The highest BCUT2D eigenvalue weighted by molar-refractivity contribution is 6.36. The molecule has 4 aromatic rings. The molecule has 1 heterocycles. The van der Waals surface area contributed by atoms with Crippen LogP contribution in [0.2, 0.25) is 15.1 Å². The second-order valence-electron chi connectivity index (χ2n) is 8.56. The first kappa shape index (κ1) is 28.5. The molecule has 0 radical (unpaired) electrons. The Hall–Kier alpha value is -3.46. The SMILES string of the molecule is O=C(O)[C@H](Cc1ccccc1)N(Cc1ccc(-c2cc(C(F)(F)F)ccc2Cl)o1)C(=O)c1ccc(Cl)cc1Cl. The minimum absolute atomic E-state index is 0.00423. The van der Waals surface area contributed by atoms with Gasteiger partial charge in [0, 0.05) is 17.0 Å². The van der Waals surface area contributed by atoms with Gasteiger partial charge in [-0.15, -0.1) is 0 Å². The lowest BCUT2D eigenvalue weighted by Gasteiger charge is -2.29. The summed E-state index contributed by atoms with van der Waals surface area (Å²) in [4.78, 5) is 27.1. The molecule has 0 saturated heterocycles. The molecule has 0 aliphatic heterocycles. The van der Waals surface area contributed by atoms with Gasteiger partial charge in [0.1, 0.15) is 17.6 Å². The minimum atomic E-state index is -4.60. The highest BCUT2D eigenvalue weighted by Crippen LogP contribution is 2.37. The number of carboxylic acid groups (broad SMARTS) is 1. The van der Waals surface area contributed by atoms with Crippen molar-refractivity contribution < 1.29 is 32.3 Å². The van der Waals surface area contributed by atoms with E-state index in [0.717, 1.165) is 23.1 Å². The van der Waals surface area contributed by atoms with Gasteiger partial charge >= 0.3 is 12.1 Å². The molecule has 5 nitrogen and oxygen atoms in total. The van der Waals surface area contributed by atoms with E-state index in [1.165, 1.54) is 30.3 Å². The second kappa shape index (κ2) is 11.7. The topological polar surface area (TPSA) is 70.8 Å². The van der Waals surface area contributed by atoms with E-state index in [1.807, 2.05) is 0 Å². The summed E-state index contributed by atoms with van der Waals surface area (Å²) < 4.78 is 45.5. The molecule has 3 aromatic carbocycles. The highest BCUT2D eigenvalue weighted by atomic mass is 35.5. The lowest BCUT2D eigenvalue weighted by atomic mass is 10.0. The molecule has 0 aliphatic rings. The van der Waals surface area contributed by atoms with Crippen LogP contribution in [-0.4, -0.2) is 27.9 Å². The molecule has 0 spiro atoms. The Morgan fingerprint density at radius 3 is 2.26 bits per heavy atom. The molecule has 0 fully saturated rings. The lowest BCUT2D eigenvalue weighted by Crippen LogP contribution is -2.46. The van der Waals surface area contributed by atoms with Crippen molar-refractivity contribution in [3.05, 3.63) is 116 Å². The number of nitrogens with zero attached hydrogens (tertiary/aromatic N) is 1. The Balaban J connectivity index is 1.72. The normalized spacial score (nSPS) is 12.3. The van der Waals surface area contributed by atoms with Crippen molar-refractivity contribution >= 4 is 46.7 Å². The zero-order chi connectivity index (χ0) is 28.3. The Bertz CT molecular complexity index is 1510. The maximum absolute atomic E-state index is 13.7. The van der Waals surface area contributed by atoms with Crippen LogP contribution in [0, 0.1) is 0 Å². The van der Waals surface area contributed by atoms with Crippen molar-refractivity contribution in [2.24, 2.45) is 0 Å². The largest absolute Gasteiger partial charge is 0.480 e. The first-order chi connectivity index (χ1) is 18.4. The Labute approximate surface area is 236 Å². The Morgan fingerprint density at radius 2 is 1.62 bits per heavy atom. The zero-order valence-corrected chi connectivity index (χ0v) is 22.2. The van der Waals surface area contributed by atoms with Crippen molar-refractivity contribution in [2.75, 3.05) is 0 Å². The van der Waals surface area contributed by atoms with Crippen LogP contribution in [-0.2, 0) is 23.9 Å². The van der Waals surface area contributed by atoms with Gasteiger partial charge in [-0.1, -0.05) is 65.1 Å². The summed E-state index contributed by atoms with van der Waals surface area (Å²) in [6, 6.07) is 17.3. The van der Waals surface area contributed by atoms with E-state index < -0.39 is 29.7 Å². The molecule has 39 heavy (non-hydrogen) atoms. The molecule has 4 rings (SSSR count). The van der Waals surface area contributed by atoms with Gasteiger partial charge in [0.15, 0.2) is 0 Å². The fraction of sp³-hybridized carbons (Fsp3) is 0.143. The van der Waals surface area contributed by atoms with Crippen LogP contribution in [0.15, 0.2) is 83.3 Å². The Kier molecular flexibility index (Phi) is 8.59. The molecular formula is C28H19Cl3F3NO4. The Morgan fingerprint density at radius 1 is 0.897 bits per heavy atom. The summed E-state index contributed by atoms with van der Waals surface area (Å²) in [5, 5.41) is 10.5. The first-order valence-corrected chi connectivity index (χ1v) is 12.6. The summed E-state index contributed by atoms with van der Waals surface area (Å²) in [5.74, 6) is -1.83. The highest BCUT2D eigenvalue weighted by Gasteiger charge is 2.33. The van der Waals surface area contributed by atoms with Crippen molar-refractivity contribution in [1.82, 2.24) is 4.90 Å². The van der Waals surface area contributed by atoms with E-state index >= 15 is 0 Å². The third-order valence-electron chi connectivity index (χ3n) is 5.90. The quantitative estimate of drug-likeness (QED) is 0.222. The van der Waals surface area contributed by atoms with E-state index in [9.17, 15) is 27.9 Å². The molecule has 1 amide bonds. The summed E-state index contributed by atoms with van der Waals surface area (Å²) >= 11 is 18.4. The van der Waals surface area contributed by atoms with Crippen LogP contribution in [0.5, 0.6) is 0 Å². The van der Waals surface area contributed by atoms with Crippen LogP contribution in [0.3, 0.4) is 0 Å². The number of carbonyl (C=O) groups excluding carboxylic acids is 1. The predicted molar refractivity (Wildman–Crippen MR) is 142 cm³/mol. The number of hydrogen-bond acceptors (Lipinski definition) is 3. The van der Waals surface area contributed by atoms with Gasteiger partial charge in [-0.2, -0.15) is 13.2 Å². The number of aliphatic carboxylic acids is 1. The number of amides is 1. The minimum Gasteiger partial charge on any atom is -0.480 e. The van der Waals surface area contributed by atoms with Gasteiger partial charge in [-0.3, -0.25) is 4.79 Å². The summed E-state index contributed by atoms with van der Waals surface area (Å²) in [7, 11) is 0. The molecule has 202 valence electrons. The molecule has 0 saturated carbocycles. The van der Waals surface area contributed by atoms with E-state index in [1.54, 1.807) is 30.3 Å². The van der Waals surface area contributed by atoms with Gasteiger partial charge in [0.25, 0.3) is 5.91 Å². The van der Waals surface area contributed by atoms with Crippen LogP contribution in [0.25, 0.3) is 11.3 Å². The maximum atomic E-state index is 13.7. The van der Waals surface area contributed by atoms with Gasteiger partial charge in [0.2, 0.25) is 0 Å². The fourth-order valence-corrected chi connectivity index (χ4v) is 4.68. The van der Waals surface area contributed by atoms with E-state index in [2.05, 4.69) is 0 Å². The number of rotatable bonds is 8. The molecule has 0 aliphatic carbocycles. The third-order valence-corrected chi connectivity index (χ3v) is 6.78. The fourth-order valence-electron chi connectivity index (χ4n) is 3.98. The molecule has 0 unspecified atom stereocenters. The van der Waals surface area contributed by atoms with Crippen molar-refractivity contribution in [1.29, 1.82) is 0 Å². The predicted octanol–water partition coefficient (Wildman–Crippen LogP) is 8.26. The van der Waals surface area contributed by atoms with Crippen LogP contribution < -0.4 is 0 Å². The summed E-state index contributed by atoms with van der Waals surface area (Å²) in [6.45, 7) is -0.321. The standard InChI is InChI=1S/C28H19Cl3F3NO4/c29-18-7-9-20(23(31)14-18)26(36)35(24(27(37)38)12-16-4-2-1-3-5-16)15-19-8-11-25(39-19)21-13-17(28(32,33)34)6-10-22(21)30/h1-11,13-14,24H,12,15H2,(H,37,38)/t24-/m0/s1. The lowest BCUT2D eigenvalue weighted by molar-refractivity contribution is -0.142. The average molecular weight is 597 g/mol. The number of carboxylic acids is 1. The molecular weight excluding hydrogens is 578 g/mol. The zero-order valence-electron chi connectivity index (χ0n) is 19.9. The number of hydrogen-bond donors (Lipinski definition) is 1. The summed E-state index contributed by atoms with van der Waals surface area (Å²) in [6.07, 6.45) is -4.62. The van der Waals surface area contributed by atoms with Gasteiger partial charge in [0.05, 0.1) is 27.7 Å². The van der Waals surface area contributed by atoms with E-state index in [0.29, 0.717) is 5.56 Å². The number of halogens is 6. The van der Waals surface area contributed by atoms with Crippen molar-refractivity contribution in [3.63, 3.8) is 0 Å². The van der Waals surface area contributed by atoms with Gasteiger partial charge < -0.3 is 14.4 Å². The van der Waals surface area contributed by atoms with Crippen LogP contribution in [0.1, 0.15) is 27.2 Å². The molecule has 1 N–H and O–H groups in total. The first-order valence-electron chi connectivity index (χ1n) is 11.4. The van der Waals surface area contributed by atoms with E-state index in [4.69, 9.17) is 39.2 Å². The number of furan rings is 1. The van der Waals surface area contributed by atoms with Crippen LogP contribution in [0.4, 0.5) is 13.2 Å². The van der Waals surface area contributed by atoms with Crippen molar-refractivity contribution in [2.45, 2.75) is 25.2 Å². The summed E-state index contributed by atoms with van der Waals surface area (Å²) in [5.41, 5.74) is -0.230. The van der Waals surface area contributed by atoms with Gasteiger partial charge in [-0.25, -0.2) is 4.79 Å². The number of benzene rings is 3. The van der Waals surface area contributed by atoms with Gasteiger partial charge in [-0.05, 0) is 54.1 Å². The molecule has 11 heteroatoms. The van der Waals surface area contributed by atoms with E-state index in [-0.39, 0.29) is 50.7 Å². The number of carbonyl (C=O) groups is 2. The monoisotopic (exact) mass is 595 g/mol. The average Bonchev–Trinajstić information content (AvgIpc) is 3.34. The number of alkyl halides is 3. The maximum Gasteiger partial charge on any atom is 0.416 e. The molecule has 0 bridgehead atoms. The molecule has 1 aromatic heterocycles. The third kappa shape index (κ3) is 6.76. The second-order valence-corrected chi connectivity index (χ2v) is 9.81. The smallest absolute Gasteiger partial charge is 0.416 e. The van der Waals surface area contributed by atoms with Crippen LogP contribution >= 0.6 is 34.8 Å². The van der Waals surface area contributed by atoms with Crippen molar-refractivity contribution in [3.8, 4) is 11.3 Å². The molecule has 1 atom stereocenters.